The van der Waals surface area contributed by atoms with Crippen molar-refractivity contribution in [3.8, 4) is 0 Å². The molecule has 0 saturated carbocycles. The number of carbonyl (C=O) groups is 1. The van der Waals surface area contributed by atoms with Crippen LogP contribution in [0.15, 0.2) is 0 Å². The highest BCUT2D eigenvalue weighted by atomic mass is 16.5. The molecule has 3 heteroatoms. The number of carbonyl (C=O) groups excluding carboxylic acids is 1. The first-order valence-electron chi connectivity index (χ1n) is 3.65. The normalized spacial score (nSPS) is 24.7. The number of ether oxygens (including phenoxy) is 1. The van der Waals surface area contributed by atoms with E-state index in [2.05, 4.69) is 5.32 Å². The molecular formula is C7H13NO2. The minimum Gasteiger partial charge on any atom is -0.376 e. The Morgan fingerprint density at radius 3 is 3.10 bits per heavy atom. The summed E-state index contributed by atoms with van der Waals surface area (Å²) in [5, 5.41) is 2.72. The van der Waals surface area contributed by atoms with Crippen molar-refractivity contribution in [1.82, 2.24) is 5.32 Å². The maximum Gasteiger partial charge on any atom is 0.216 e. The highest BCUT2D eigenvalue weighted by Gasteiger charge is 2.14. The molecule has 1 fully saturated rings. The molecular weight excluding hydrogens is 130 g/mol. The fraction of sp³-hybridized carbons (Fsp3) is 0.857. The van der Waals surface area contributed by atoms with Crippen molar-refractivity contribution < 1.29 is 9.53 Å². The van der Waals surface area contributed by atoms with Gasteiger partial charge < -0.3 is 10.1 Å². The van der Waals surface area contributed by atoms with Crippen LogP contribution in [-0.2, 0) is 9.53 Å². The summed E-state index contributed by atoms with van der Waals surface area (Å²) in [6.07, 6.45) is 2.48. The maximum atomic E-state index is 10.4. The molecule has 1 aliphatic rings. The third-order valence-corrected chi connectivity index (χ3v) is 1.60. The zero-order valence-electron chi connectivity index (χ0n) is 6.22. The largest absolute Gasteiger partial charge is 0.376 e. The van der Waals surface area contributed by atoms with E-state index in [4.69, 9.17) is 4.74 Å². The van der Waals surface area contributed by atoms with Gasteiger partial charge in [-0.3, -0.25) is 4.79 Å². The zero-order valence-corrected chi connectivity index (χ0v) is 6.22. The molecule has 1 amide bonds. The molecule has 1 atom stereocenters. The lowest BCUT2D eigenvalue weighted by molar-refractivity contribution is -0.119. The second-order valence-corrected chi connectivity index (χ2v) is 2.57. The molecule has 0 aromatic rings. The van der Waals surface area contributed by atoms with Crippen LogP contribution in [0.25, 0.3) is 0 Å². The zero-order chi connectivity index (χ0) is 7.40. The minimum atomic E-state index is 0.0236. The topological polar surface area (TPSA) is 38.3 Å². The van der Waals surface area contributed by atoms with Crippen LogP contribution >= 0.6 is 0 Å². The van der Waals surface area contributed by atoms with E-state index in [0.717, 1.165) is 19.4 Å². The number of amides is 1. The van der Waals surface area contributed by atoms with Crippen LogP contribution in [-0.4, -0.2) is 25.2 Å². The second-order valence-electron chi connectivity index (χ2n) is 2.57. The quantitative estimate of drug-likeness (QED) is 0.603. The Morgan fingerprint density at radius 2 is 2.60 bits per heavy atom. The predicted molar refractivity (Wildman–Crippen MR) is 37.7 cm³/mol. The highest BCUT2D eigenvalue weighted by molar-refractivity contribution is 5.72. The van der Waals surface area contributed by atoms with Gasteiger partial charge in [-0.05, 0) is 12.8 Å². The lowest BCUT2D eigenvalue weighted by Gasteiger charge is -2.08. The Bertz CT molecular complexity index is 119. The lowest BCUT2D eigenvalue weighted by Crippen LogP contribution is -2.29. The van der Waals surface area contributed by atoms with Gasteiger partial charge in [0.25, 0.3) is 0 Å². The fourth-order valence-electron chi connectivity index (χ4n) is 1.06. The minimum absolute atomic E-state index is 0.0236. The standard InChI is InChI=1S/C7H13NO2/c1-6(9)8-5-7-3-2-4-10-7/h7H,2-5H2,1H3,(H,8,9). The molecule has 1 N–H and O–H groups in total. The first-order chi connectivity index (χ1) is 4.79. The van der Waals surface area contributed by atoms with Crippen LogP contribution in [0.2, 0.25) is 0 Å². The molecule has 0 spiro atoms. The van der Waals surface area contributed by atoms with Gasteiger partial charge in [0.2, 0.25) is 5.91 Å². The van der Waals surface area contributed by atoms with Crippen LogP contribution in [0.1, 0.15) is 19.8 Å². The second kappa shape index (κ2) is 3.56. The lowest BCUT2D eigenvalue weighted by atomic mass is 10.2. The molecule has 0 aromatic carbocycles. The molecule has 58 valence electrons. The smallest absolute Gasteiger partial charge is 0.216 e. The van der Waals surface area contributed by atoms with Gasteiger partial charge in [0.05, 0.1) is 6.10 Å². The first-order valence-corrected chi connectivity index (χ1v) is 3.65. The molecule has 0 aliphatic carbocycles. The summed E-state index contributed by atoms with van der Waals surface area (Å²) in [5.74, 6) is 0.0236. The third kappa shape index (κ3) is 2.35. The molecule has 1 aliphatic heterocycles. The number of nitrogens with one attached hydrogen (secondary N) is 1. The molecule has 1 unspecified atom stereocenters. The van der Waals surface area contributed by atoms with Gasteiger partial charge in [0.1, 0.15) is 0 Å². The van der Waals surface area contributed by atoms with Crippen molar-refractivity contribution >= 4 is 5.91 Å². The summed E-state index contributed by atoms with van der Waals surface area (Å²) in [4.78, 5) is 10.4. The van der Waals surface area contributed by atoms with Crippen molar-refractivity contribution in [3.05, 3.63) is 0 Å². The Balaban J connectivity index is 2.07. The van der Waals surface area contributed by atoms with Crippen molar-refractivity contribution in [2.24, 2.45) is 0 Å². The molecule has 0 aromatic heterocycles. The molecule has 0 radical (unpaired) electrons. The Morgan fingerprint density at radius 1 is 1.80 bits per heavy atom. The van der Waals surface area contributed by atoms with Crippen LogP contribution in [0.5, 0.6) is 0 Å². The third-order valence-electron chi connectivity index (χ3n) is 1.60. The maximum absolute atomic E-state index is 10.4. The Labute approximate surface area is 60.7 Å². The van der Waals surface area contributed by atoms with E-state index in [0.29, 0.717) is 6.54 Å². The average molecular weight is 143 g/mol. The molecule has 3 nitrogen and oxygen atoms in total. The molecule has 1 heterocycles. The van der Waals surface area contributed by atoms with Gasteiger partial charge in [-0.15, -0.1) is 0 Å². The predicted octanol–water partition coefficient (Wildman–Crippen LogP) is 0.301. The number of hydrogen-bond donors (Lipinski definition) is 1. The van der Waals surface area contributed by atoms with Gasteiger partial charge in [-0.2, -0.15) is 0 Å². The van der Waals surface area contributed by atoms with E-state index in [1.807, 2.05) is 0 Å². The van der Waals surface area contributed by atoms with Gasteiger partial charge >= 0.3 is 0 Å². The summed E-state index contributed by atoms with van der Waals surface area (Å²) < 4.78 is 5.29. The Hall–Kier alpha value is -0.570. The van der Waals surface area contributed by atoms with Crippen molar-refractivity contribution in [2.45, 2.75) is 25.9 Å². The van der Waals surface area contributed by atoms with Crippen LogP contribution in [0.3, 0.4) is 0 Å². The summed E-state index contributed by atoms with van der Waals surface area (Å²) >= 11 is 0. The molecule has 10 heavy (non-hydrogen) atoms. The summed E-state index contributed by atoms with van der Waals surface area (Å²) in [5.41, 5.74) is 0. The van der Waals surface area contributed by atoms with E-state index in [9.17, 15) is 4.79 Å². The molecule has 1 rings (SSSR count). The molecule has 1 saturated heterocycles. The van der Waals surface area contributed by atoms with Gasteiger partial charge in [0.15, 0.2) is 0 Å². The van der Waals surface area contributed by atoms with Crippen molar-refractivity contribution in [3.63, 3.8) is 0 Å². The summed E-state index contributed by atoms with van der Waals surface area (Å²) in [6.45, 7) is 3.05. The SMILES string of the molecule is CC(=O)NCC1CCCO1. The summed E-state index contributed by atoms with van der Waals surface area (Å²) in [7, 11) is 0. The van der Waals surface area contributed by atoms with E-state index < -0.39 is 0 Å². The van der Waals surface area contributed by atoms with Gasteiger partial charge in [-0.1, -0.05) is 0 Å². The van der Waals surface area contributed by atoms with Crippen molar-refractivity contribution in [1.29, 1.82) is 0 Å². The summed E-state index contributed by atoms with van der Waals surface area (Å²) in [6, 6.07) is 0. The van der Waals surface area contributed by atoms with Gasteiger partial charge in [-0.25, -0.2) is 0 Å². The van der Waals surface area contributed by atoms with Gasteiger partial charge in [0, 0.05) is 20.1 Å². The van der Waals surface area contributed by atoms with E-state index in [-0.39, 0.29) is 12.0 Å². The first kappa shape index (κ1) is 7.54. The monoisotopic (exact) mass is 143 g/mol. The van der Waals surface area contributed by atoms with E-state index >= 15 is 0 Å². The van der Waals surface area contributed by atoms with E-state index in [1.54, 1.807) is 0 Å². The van der Waals surface area contributed by atoms with Crippen LogP contribution in [0, 0.1) is 0 Å². The highest BCUT2D eigenvalue weighted by Crippen LogP contribution is 2.10. The number of rotatable bonds is 2. The van der Waals surface area contributed by atoms with E-state index in [1.165, 1.54) is 6.92 Å². The number of hydrogen-bond acceptors (Lipinski definition) is 2. The Kier molecular flexibility index (Phi) is 2.68. The van der Waals surface area contributed by atoms with Crippen LogP contribution < -0.4 is 5.32 Å². The average Bonchev–Trinajstić information content (AvgIpc) is 2.34. The van der Waals surface area contributed by atoms with Crippen molar-refractivity contribution in [2.75, 3.05) is 13.2 Å². The van der Waals surface area contributed by atoms with Crippen LogP contribution in [0.4, 0.5) is 0 Å². The molecule has 0 bridgehead atoms. The fourth-order valence-corrected chi connectivity index (χ4v) is 1.06.